The van der Waals surface area contributed by atoms with Crippen molar-refractivity contribution in [2.24, 2.45) is 5.92 Å². The van der Waals surface area contributed by atoms with Gasteiger partial charge in [-0.3, -0.25) is 14.4 Å². The number of amides is 2. The van der Waals surface area contributed by atoms with E-state index in [1.54, 1.807) is 24.3 Å². The summed E-state index contributed by atoms with van der Waals surface area (Å²) in [7, 11) is 0. The molecule has 4 aromatic rings. The lowest BCUT2D eigenvalue weighted by atomic mass is 9.82. The summed E-state index contributed by atoms with van der Waals surface area (Å²) in [6, 6.07) is 22.3. The first kappa shape index (κ1) is 24.0. The summed E-state index contributed by atoms with van der Waals surface area (Å²) in [5.41, 5.74) is 3.31. The lowest BCUT2D eigenvalue weighted by Gasteiger charge is -2.30. The molecule has 37 heavy (non-hydrogen) atoms. The molecule has 3 heterocycles. The van der Waals surface area contributed by atoms with Gasteiger partial charge in [-0.1, -0.05) is 82.7 Å². The van der Waals surface area contributed by atoms with E-state index in [0.717, 1.165) is 32.9 Å². The van der Waals surface area contributed by atoms with Crippen LogP contribution in [0.5, 0.6) is 5.75 Å². The molecule has 0 radical (unpaired) electrons. The van der Waals surface area contributed by atoms with Crippen molar-refractivity contribution in [3.63, 3.8) is 0 Å². The number of aryl methyl sites for hydroxylation is 1. The smallest absolute Gasteiger partial charge is 0.305 e. The highest BCUT2D eigenvalue weighted by Crippen LogP contribution is 2.54. The normalized spacial score (nSPS) is 20.6. The van der Waals surface area contributed by atoms with Crippen LogP contribution in [0.15, 0.2) is 82.6 Å². The molecule has 9 heteroatoms. The second kappa shape index (κ2) is 9.52. The number of benzene rings is 3. The van der Waals surface area contributed by atoms with Gasteiger partial charge in [0, 0.05) is 21.4 Å². The molecule has 1 aromatic heterocycles. The van der Waals surface area contributed by atoms with Gasteiger partial charge in [0.05, 0.1) is 16.6 Å². The molecule has 1 fully saturated rings. The van der Waals surface area contributed by atoms with Crippen LogP contribution in [0.2, 0.25) is 5.02 Å². The number of fused-ring (bicyclic) bond motifs is 2. The predicted molar refractivity (Wildman–Crippen MR) is 146 cm³/mol. The maximum atomic E-state index is 13.9. The third-order valence-electron chi connectivity index (χ3n) is 6.68. The zero-order valence-corrected chi connectivity index (χ0v) is 22.0. The molecule has 2 aliphatic heterocycles. The molecule has 6 nitrogen and oxygen atoms in total. The highest BCUT2D eigenvalue weighted by atomic mass is 35.5. The molecule has 1 saturated heterocycles. The van der Waals surface area contributed by atoms with Crippen LogP contribution >= 0.6 is 34.7 Å². The first-order chi connectivity index (χ1) is 17.9. The Bertz CT molecular complexity index is 1560. The molecule has 0 saturated carbocycles. The molecular formula is C28H21ClN2O4S2. The largest absolute Gasteiger partial charge is 0.489 e. The van der Waals surface area contributed by atoms with Crippen molar-refractivity contribution in [2.45, 2.75) is 29.7 Å². The average Bonchev–Trinajstić information content (AvgIpc) is 3.39. The summed E-state index contributed by atoms with van der Waals surface area (Å²) in [6.07, 6.45) is 0. The number of hydrogen-bond acceptors (Lipinski definition) is 6. The summed E-state index contributed by atoms with van der Waals surface area (Å²) in [6.45, 7) is 2.26. The molecule has 2 aliphatic rings. The Morgan fingerprint density at radius 3 is 2.43 bits per heavy atom. The van der Waals surface area contributed by atoms with E-state index in [2.05, 4.69) is 4.98 Å². The fourth-order valence-corrected chi connectivity index (χ4v) is 7.54. The fourth-order valence-electron chi connectivity index (χ4n) is 4.91. The van der Waals surface area contributed by atoms with Gasteiger partial charge in [-0.05, 0) is 42.8 Å². The van der Waals surface area contributed by atoms with Gasteiger partial charge in [-0.2, -0.15) is 0 Å². The van der Waals surface area contributed by atoms with E-state index >= 15 is 0 Å². The topological polar surface area (TPSA) is 79.5 Å². The molecule has 3 aromatic carbocycles. The number of ether oxygens (including phenoxy) is 1. The Hall–Kier alpha value is -3.33. The zero-order chi connectivity index (χ0) is 25.7. The number of nitrogens with one attached hydrogen (secondary N) is 1. The highest BCUT2D eigenvalue weighted by Gasteiger charge is 2.56. The van der Waals surface area contributed by atoms with Crippen LogP contribution in [0, 0.1) is 12.8 Å². The Morgan fingerprint density at radius 1 is 0.946 bits per heavy atom. The molecule has 186 valence electrons. The summed E-state index contributed by atoms with van der Waals surface area (Å²) in [4.78, 5) is 44.6. The maximum absolute atomic E-state index is 13.9. The SMILES string of the molecule is Cc1ccc(N2C(=O)C3Sc4[nH]c(=O)sc4C(c4ccccc4OCc4ccc(Cl)cc4)C3C2=O)cc1. The number of carbonyl (C=O) groups excluding carboxylic acids is 2. The predicted octanol–water partition coefficient (Wildman–Crippen LogP) is 5.77. The monoisotopic (exact) mass is 548 g/mol. The van der Waals surface area contributed by atoms with Crippen LogP contribution in [-0.2, 0) is 16.2 Å². The number of rotatable bonds is 5. The average molecular weight is 549 g/mol. The van der Waals surface area contributed by atoms with Crippen molar-refractivity contribution in [1.29, 1.82) is 0 Å². The number of aromatic nitrogens is 1. The van der Waals surface area contributed by atoms with Crippen molar-refractivity contribution >= 4 is 52.2 Å². The first-order valence-electron chi connectivity index (χ1n) is 11.7. The summed E-state index contributed by atoms with van der Waals surface area (Å²) >= 11 is 8.36. The number of aromatic amines is 1. The van der Waals surface area contributed by atoms with E-state index in [9.17, 15) is 14.4 Å². The molecule has 3 atom stereocenters. The lowest BCUT2D eigenvalue weighted by molar-refractivity contribution is -0.122. The molecule has 0 spiro atoms. The van der Waals surface area contributed by atoms with Gasteiger partial charge >= 0.3 is 4.87 Å². The van der Waals surface area contributed by atoms with E-state index in [0.29, 0.717) is 28.1 Å². The van der Waals surface area contributed by atoms with E-state index in [1.165, 1.54) is 16.7 Å². The molecular weight excluding hydrogens is 528 g/mol. The lowest BCUT2D eigenvalue weighted by Crippen LogP contribution is -2.32. The van der Waals surface area contributed by atoms with Crippen LogP contribution in [0.3, 0.4) is 0 Å². The Kier molecular flexibility index (Phi) is 6.18. The number of hydrogen-bond donors (Lipinski definition) is 1. The number of anilines is 1. The van der Waals surface area contributed by atoms with Gasteiger partial charge in [-0.15, -0.1) is 0 Å². The number of nitrogens with zero attached hydrogens (tertiary/aromatic N) is 1. The number of H-pyrrole nitrogens is 1. The molecule has 0 aliphatic carbocycles. The second-order valence-corrected chi connectivity index (χ2v) is 11.7. The third kappa shape index (κ3) is 4.29. The number of para-hydroxylation sites is 1. The van der Waals surface area contributed by atoms with Crippen molar-refractivity contribution in [2.75, 3.05) is 4.90 Å². The number of imide groups is 1. The van der Waals surface area contributed by atoms with E-state index in [1.807, 2.05) is 55.5 Å². The van der Waals surface area contributed by atoms with Crippen molar-refractivity contribution in [3.8, 4) is 5.75 Å². The molecule has 3 unspecified atom stereocenters. The first-order valence-corrected chi connectivity index (χ1v) is 13.8. The van der Waals surface area contributed by atoms with E-state index < -0.39 is 17.1 Å². The zero-order valence-electron chi connectivity index (χ0n) is 19.6. The third-order valence-corrected chi connectivity index (χ3v) is 9.33. The number of halogens is 1. The Morgan fingerprint density at radius 2 is 1.68 bits per heavy atom. The Labute approximate surface area is 226 Å². The van der Waals surface area contributed by atoms with Crippen molar-refractivity contribution in [3.05, 3.63) is 109 Å². The number of thiazole rings is 1. The highest BCUT2D eigenvalue weighted by molar-refractivity contribution is 8.00. The van der Waals surface area contributed by atoms with Gasteiger partial charge in [0.1, 0.15) is 17.6 Å². The van der Waals surface area contributed by atoms with E-state index in [-0.39, 0.29) is 16.7 Å². The van der Waals surface area contributed by atoms with E-state index in [4.69, 9.17) is 16.3 Å². The quantitative estimate of drug-likeness (QED) is 0.320. The van der Waals surface area contributed by atoms with Crippen molar-refractivity contribution < 1.29 is 14.3 Å². The summed E-state index contributed by atoms with van der Waals surface area (Å²) in [5, 5.41) is 0.633. The van der Waals surface area contributed by atoms with Crippen molar-refractivity contribution in [1.82, 2.24) is 4.98 Å². The maximum Gasteiger partial charge on any atom is 0.305 e. The molecule has 1 N–H and O–H groups in total. The molecule has 2 amide bonds. The number of thioether (sulfide) groups is 1. The van der Waals surface area contributed by atoms with Gasteiger partial charge in [-0.25, -0.2) is 4.90 Å². The second-order valence-electron chi connectivity index (χ2n) is 9.05. The van der Waals surface area contributed by atoms with Gasteiger partial charge in [0.15, 0.2) is 0 Å². The minimum absolute atomic E-state index is 0.211. The number of carbonyl (C=O) groups is 2. The van der Waals surface area contributed by atoms with Crippen LogP contribution in [0.4, 0.5) is 5.69 Å². The minimum atomic E-state index is -0.668. The summed E-state index contributed by atoms with van der Waals surface area (Å²) in [5.74, 6) is -1.10. The van der Waals surface area contributed by atoms with Crippen LogP contribution in [0.25, 0.3) is 0 Å². The Balaban J connectivity index is 1.41. The fraction of sp³-hybridized carbons (Fsp3) is 0.179. The van der Waals surface area contributed by atoms with Gasteiger partial charge < -0.3 is 9.72 Å². The molecule has 6 rings (SSSR count). The minimum Gasteiger partial charge on any atom is -0.489 e. The summed E-state index contributed by atoms with van der Waals surface area (Å²) < 4.78 is 6.23. The standard InChI is InChI=1S/C28H21ClN2O4S2/c1-15-6-12-18(13-7-15)31-26(32)22-21(23-25(30-28(34)37-23)36-24(22)27(31)33)19-4-2-3-5-20(19)35-14-16-8-10-17(29)11-9-16/h2-13,21-22,24H,14H2,1H3,(H,30,34). The van der Waals surface area contributed by atoms with Crippen LogP contribution in [0.1, 0.15) is 27.5 Å². The van der Waals surface area contributed by atoms with Gasteiger partial charge in [0.25, 0.3) is 0 Å². The van der Waals surface area contributed by atoms with Crippen LogP contribution < -0.4 is 14.5 Å². The molecule has 0 bridgehead atoms. The van der Waals surface area contributed by atoms with Crippen LogP contribution in [-0.4, -0.2) is 22.0 Å². The van der Waals surface area contributed by atoms with Gasteiger partial charge in [0.2, 0.25) is 11.8 Å².